The molecule has 5 nitrogen and oxygen atoms in total. The number of aryl methyl sites for hydroxylation is 1. The Balaban J connectivity index is 2.83. The van der Waals surface area contributed by atoms with Gasteiger partial charge in [-0.1, -0.05) is 18.2 Å². The third-order valence-corrected chi connectivity index (χ3v) is 1.99. The molecule has 0 atom stereocenters. The predicted octanol–water partition coefficient (Wildman–Crippen LogP) is 3.04. The maximum absolute atomic E-state index is 11.3. The van der Waals surface area contributed by atoms with Crippen LogP contribution in [0.25, 0.3) is 0 Å². The molecule has 5 heteroatoms. The van der Waals surface area contributed by atoms with Gasteiger partial charge in [-0.05, 0) is 25.5 Å². The molecule has 0 bridgehead atoms. The molecule has 0 radical (unpaired) electrons. The molecule has 0 aromatic heterocycles. The lowest BCUT2D eigenvalue weighted by atomic mass is 10.2. The van der Waals surface area contributed by atoms with Gasteiger partial charge >= 0.3 is 5.97 Å². The SMILES string of the molecule is CCOC(=O)/C(=C\O)N=Nc1ccccc1C. The van der Waals surface area contributed by atoms with Crippen molar-refractivity contribution in [3.8, 4) is 0 Å². The van der Waals surface area contributed by atoms with Crippen LogP contribution < -0.4 is 0 Å². The zero-order valence-electron chi connectivity index (χ0n) is 9.75. The number of hydrogen-bond donors (Lipinski definition) is 1. The molecule has 0 saturated carbocycles. The molecule has 1 N–H and O–H groups in total. The second-order valence-corrected chi connectivity index (χ2v) is 3.22. The first-order chi connectivity index (χ1) is 8.19. The molecule has 0 fully saturated rings. The van der Waals surface area contributed by atoms with Crippen molar-refractivity contribution in [2.24, 2.45) is 10.2 Å². The summed E-state index contributed by atoms with van der Waals surface area (Å²) in [5, 5.41) is 16.4. The molecule has 0 aliphatic carbocycles. The van der Waals surface area contributed by atoms with Crippen LogP contribution in [0.4, 0.5) is 5.69 Å². The van der Waals surface area contributed by atoms with Crippen LogP contribution in [0.1, 0.15) is 12.5 Å². The van der Waals surface area contributed by atoms with E-state index >= 15 is 0 Å². The predicted molar refractivity (Wildman–Crippen MR) is 63.0 cm³/mol. The van der Waals surface area contributed by atoms with Gasteiger partial charge in [0.2, 0.25) is 5.70 Å². The highest BCUT2D eigenvalue weighted by atomic mass is 16.5. The number of nitrogens with zero attached hydrogens (tertiary/aromatic N) is 2. The highest BCUT2D eigenvalue weighted by molar-refractivity contribution is 5.87. The lowest BCUT2D eigenvalue weighted by molar-refractivity contribution is -0.138. The Kier molecular flexibility index (Phi) is 4.87. The van der Waals surface area contributed by atoms with Gasteiger partial charge in [0.15, 0.2) is 0 Å². The normalized spacial score (nSPS) is 11.8. The summed E-state index contributed by atoms with van der Waals surface area (Å²) in [5.74, 6) is -0.702. The quantitative estimate of drug-likeness (QED) is 0.376. The van der Waals surface area contributed by atoms with Gasteiger partial charge in [0.1, 0.15) is 6.26 Å². The topological polar surface area (TPSA) is 71.2 Å². The fourth-order valence-electron chi connectivity index (χ4n) is 1.11. The first-order valence-electron chi connectivity index (χ1n) is 5.18. The summed E-state index contributed by atoms with van der Waals surface area (Å²) >= 11 is 0. The highest BCUT2D eigenvalue weighted by Gasteiger charge is 2.09. The molecule has 1 aromatic carbocycles. The Hall–Kier alpha value is -2.17. The van der Waals surface area contributed by atoms with Crippen LogP contribution in [0.5, 0.6) is 0 Å². The summed E-state index contributed by atoms with van der Waals surface area (Å²) in [6.45, 7) is 3.77. The van der Waals surface area contributed by atoms with E-state index in [0.717, 1.165) is 5.56 Å². The number of esters is 1. The summed E-state index contributed by atoms with van der Waals surface area (Å²) in [6.07, 6.45) is 0.583. The number of azo groups is 1. The van der Waals surface area contributed by atoms with Crippen molar-refractivity contribution in [1.82, 2.24) is 0 Å². The van der Waals surface area contributed by atoms with Crippen molar-refractivity contribution >= 4 is 11.7 Å². The van der Waals surface area contributed by atoms with Gasteiger partial charge in [-0.3, -0.25) is 0 Å². The first-order valence-corrected chi connectivity index (χ1v) is 5.18. The van der Waals surface area contributed by atoms with Crippen LogP contribution in [0.15, 0.2) is 46.5 Å². The Labute approximate surface area is 99.4 Å². The molecular formula is C12H14N2O3. The van der Waals surface area contributed by atoms with Crippen molar-refractivity contribution in [2.45, 2.75) is 13.8 Å². The molecule has 0 heterocycles. The molecular weight excluding hydrogens is 220 g/mol. The summed E-state index contributed by atoms with van der Waals surface area (Å²) in [6, 6.07) is 7.33. The second kappa shape index (κ2) is 6.42. The molecule has 0 aliphatic rings. The van der Waals surface area contributed by atoms with Crippen LogP contribution in [0, 0.1) is 6.92 Å². The molecule has 0 spiro atoms. The maximum Gasteiger partial charge on any atom is 0.362 e. The summed E-state index contributed by atoms with van der Waals surface area (Å²) < 4.78 is 4.69. The van der Waals surface area contributed by atoms with Gasteiger partial charge in [0.05, 0.1) is 12.3 Å². The lowest BCUT2D eigenvalue weighted by Crippen LogP contribution is -2.05. The van der Waals surface area contributed by atoms with Gasteiger partial charge < -0.3 is 9.84 Å². The van der Waals surface area contributed by atoms with E-state index in [1.165, 1.54) is 0 Å². The maximum atomic E-state index is 11.3. The van der Waals surface area contributed by atoms with E-state index in [4.69, 9.17) is 9.84 Å². The Morgan fingerprint density at radius 1 is 1.47 bits per heavy atom. The standard InChI is InChI=1S/C12H14N2O3/c1-3-17-12(16)11(8-15)14-13-10-7-5-4-6-9(10)2/h4-8,15H,3H2,1-2H3/b11-8+,14-13?. The van der Waals surface area contributed by atoms with Gasteiger partial charge in [-0.25, -0.2) is 4.79 Å². The minimum atomic E-state index is -0.702. The molecule has 0 saturated heterocycles. The van der Waals surface area contributed by atoms with Crippen molar-refractivity contribution in [1.29, 1.82) is 0 Å². The van der Waals surface area contributed by atoms with Gasteiger partial charge in [0.25, 0.3) is 0 Å². The van der Waals surface area contributed by atoms with Crippen molar-refractivity contribution in [3.05, 3.63) is 41.8 Å². The van der Waals surface area contributed by atoms with E-state index < -0.39 is 5.97 Å². The number of carbonyl (C=O) groups excluding carboxylic acids is 1. The number of aliphatic hydroxyl groups excluding tert-OH is 1. The van der Waals surface area contributed by atoms with E-state index in [1.54, 1.807) is 13.0 Å². The summed E-state index contributed by atoms with van der Waals surface area (Å²) in [5.41, 5.74) is 1.34. The average Bonchev–Trinajstić information content (AvgIpc) is 2.32. The van der Waals surface area contributed by atoms with E-state index in [-0.39, 0.29) is 12.3 Å². The van der Waals surface area contributed by atoms with E-state index in [1.807, 2.05) is 25.1 Å². The highest BCUT2D eigenvalue weighted by Crippen LogP contribution is 2.18. The lowest BCUT2D eigenvalue weighted by Gasteiger charge is -2.00. The molecule has 1 rings (SSSR count). The van der Waals surface area contributed by atoms with Crippen molar-refractivity contribution < 1.29 is 14.6 Å². The largest absolute Gasteiger partial charge is 0.513 e. The second-order valence-electron chi connectivity index (χ2n) is 3.22. The molecule has 90 valence electrons. The number of benzene rings is 1. The van der Waals surface area contributed by atoms with Crippen LogP contribution in [-0.4, -0.2) is 17.7 Å². The Morgan fingerprint density at radius 3 is 2.76 bits per heavy atom. The number of carbonyl (C=O) groups is 1. The van der Waals surface area contributed by atoms with E-state index in [9.17, 15) is 4.79 Å². The van der Waals surface area contributed by atoms with Gasteiger partial charge in [-0.2, -0.15) is 0 Å². The van der Waals surface area contributed by atoms with E-state index in [0.29, 0.717) is 11.9 Å². The van der Waals surface area contributed by atoms with Crippen LogP contribution >= 0.6 is 0 Å². The third-order valence-electron chi connectivity index (χ3n) is 1.99. The number of ether oxygens (including phenoxy) is 1. The zero-order chi connectivity index (χ0) is 12.7. The minimum Gasteiger partial charge on any atom is -0.513 e. The smallest absolute Gasteiger partial charge is 0.362 e. The molecule has 0 amide bonds. The fourth-order valence-corrected chi connectivity index (χ4v) is 1.11. The molecule has 17 heavy (non-hydrogen) atoms. The summed E-state index contributed by atoms with van der Waals surface area (Å²) in [7, 11) is 0. The fraction of sp³-hybridized carbons (Fsp3) is 0.250. The van der Waals surface area contributed by atoms with Crippen molar-refractivity contribution in [2.75, 3.05) is 6.61 Å². The molecule has 0 aliphatic heterocycles. The third kappa shape index (κ3) is 3.71. The summed E-state index contributed by atoms with van der Waals surface area (Å²) in [4.78, 5) is 11.3. The van der Waals surface area contributed by atoms with E-state index in [2.05, 4.69) is 10.2 Å². The van der Waals surface area contributed by atoms with Gasteiger partial charge in [-0.15, -0.1) is 10.2 Å². The number of hydrogen-bond acceptors (Lipinski definition) is 5. The van der Waals surface area contributed by atoms with Crippen LogP contribution in [-0.2, 0) is 9.53 Å². The Morgan fingerprint density at radius 2 is 2.18 bits per heavy atom. The van der Waals surface area contributed by atoms with Crippen molar-refractivity contribution in [3.63, 3.8) is 0 Å². The number of rotatable bonds is 4. The van der Waals surface area contributed by atoms with Crippen LogP contribution in [0.2, 0.25) is 0 Å². The average molecular weight is 234 g/mol. The zero-order valence-corrected chi connectivity index (χ0v) is 9.75. The Bertz CT molecular complexity index is 453. The number of aliphatic hydroxyl groups is 1. The van der Waals surface area contributed by atoms with Crippen LogP contribution in [0.3, 0.4) is 0 Å². The molecule has 1 aromatic rings. The monoisotopic (exact) mass is 234 g/mol. The molecule has 0 unspecified atom stereocenters. The van der Waals surface area contributed by atoms with Gasteiger partial charge in [0, 0.05) is 0 Å². The first kappa shape index (κ1) is 12.9. The minimum absolute atomic E-state index is 0.218.